The van der Waals surface area contributed by atoms with Crippen molar-refractivity contribution in [2.45, 2.75) is 97.1 Å². The van der Waals surface area contributed by atoms with Crippen LogP contribution in [0.1, 0.15) is 73.6 Å². The topological polar surface area (TPSA) is 144 Å². The Morgan fingerprint density at radius 3 is 2.16 bits per heavy atom. The van der Waals surface area contributed by atoms with Crippen molar-refractivity contribution in [2.24, 2.45) is 0 Å². The summed E-state index contributed by atoms with van der Waals surface area (Å²) in [6.45, 7) is 10.6. The van der Waals surface area contributed by atoms with Gasteiger partial charge < -0.3 is 30.1 Å². The SMILES string of the molecule is CC(C)(C)OC(=O)NCCCCC(NC(=O)OC(C)(C)C)C(=O)ON1C(=O)CCC1O. The molecule has 2 unspecified atom stereocenters. The molecule has 3 N–H and O–H groups in total. The highest BCUT2D eigenvalue weighted by atomic mass is 16.7. The molecule has 31 heavy (non-hydrogen) atoms. The second kappa shape index (κ2) is 11.2. The lowest BCUT2D eigenvalue weighted by molar-refractivity contribution is -0.222. The van der Waals surface area contributed by atoms with Crippen LogP contribution in [0.2, 0.25) is 0 Å². The Labute approximate surface area is 182 Å². The third-order valence-corrected chi connectivity index (χ3v) is 3.88. The lowest BCUT2D eigenvalue weighted by Crippen LogP contribution is -2.47. The van der Waals surface area contributed by atoms with Crippen LogP contribution in [0.5, 0.6) is 0 Å². The molecule has 0 bridgehead atoms. The van der Waals surface area contributed by atoms with E-state index in [1.165, 1.54) is 0 Å². The third kappa shape index (κ3) is 10.9. The first-order valence-electron chi connectivity index (χ1n) is 10.4. The molecule has 0 aromatic rings. The number of nitrogens with one attached hydrogen (secondary N) is 2. The molecule has 1 fully saturated rings. The first kappa shape index (κ1) is 26.5. The van der Waals surface area contributed by atoms with E-state index in [1.807, 2.05) is 0 Å². The maximum Gasteiger partial charge on any atom is 0.408 e. The standard InChI is InChI=1S/C20H35N3O8/c1-19(2,3)29-17(27)21-12-8-7-9-13(22-18(28)30-20(4,5)6)16(26)31-23-14(24)10-11-15(23)25/h13-14,24H,7-12H2,1-6H3,(H,21,27)(H,22,28). The fourth-order valence-electron chi connectivity index (χ4n) is 2.60. The fraction of sp³-hybridized carbons (Fsp3) is 0.800. The summed E-state index contributed by atoms with van der Waals surface area (Å²) < 4.78 is 10.3. The number of nitrogens with zero attached hydrogens (tertiary/aromatic N) is 1. The number of ether oxygens (including phenoxy) is 2. The first-order chi connectivity index (χ1) is 14.2. The number of aliphatic hydroxyl groups excluding tert-OH is 1. The molecule has 1 saturated heterocycles. The summed E-state index contributed by atoms with van der Waals surface area (Å²) in [6.07, 6.45) is -1.22. The number of carbonyl (C=O) groups is 4. The number of amides is 3. The summed E-state index contributed by atoms with van der Waals surface area (Å²) in [5.74, 6) is -1.40. The van der Waals surface area contributed by atoms with E-state index in [0.717, 1.165) is 0 Å². The van der Waals surface area contributed by atoms with Gasteiger partial charge in [0.15, 0.2) is 6.23 Å². The minimum absolute atomic E-state index is 0.0644. The molecule has 0 aliphatic carbocycles. The summed E-state index contributed by atoms with van der Waals surface area (Å²) in [6, 6.07) is -1.10. The predicted octanol–water partition coefficient (Wildman–Crippen LogP) is 1.97. The van der Waals surface area contributed by atoms with Crippen LogP contribution in [0.25, 0.3) is 0 Å². The Kier molecular flexibility index (Phi) is 9.54. The van der Waals surface area contributed by atoms with Crippen molar-refractivity contribution in [1.82, 2.24) is 15.7 Å². The van der Waals surface area contributed by atoms with Crippen molar-refractivity contribution in [3.8, 4) is 0 Å². The molecule has 1 rings (SSSR count). The molecule has 3 amide bonds. The van der Waals surface area contributed by atoms with Gasteiger partial charge in [-0.25, -0.2) is 14.4 Å². The lowest BCUT2D eigenvalue weighted by atomic mass is 10.1. The van der Waals surface area contributed by atoms with E-state index in [1.54, 1.807) is 41.5 Å². The summed E-state index contributed by atoms with van der Waals surface area (Å²) in [5, 5.41) is 15.4. The molecule has 0 aromatic carbocycles. The molecule has 178 valence electrons. The molecule has 0 aromatic heterocycles. The average molecular weight is 446 g/mol. The second-order valence-electron chi connectivity index (χ2n) is 9.27. The molecular weight excluding hydrogens is 410 g/mol. The number of rotatable bonds is 8. The minimum Gasteiger partial charge on any atom is -0.444 e. The molecule has 0 spiro atoms. The lowest BCUT2D eigenvalue weighted by Gasteiger charge is -2.25. The van der Waals surface area contributed by atoms with Gasteiger partial charge in [-0.3, -0.25) is 4.79 Å². The van der Waals surface area contributed by atoms with Crippen LogP contribution in [-0.4, -0.2) is 64.2 Å². The van der Waals surface area contributed by atoms with Gasteiger partial charge in [0.1, 0.15) is 17.2 Å². The van der Waals surface area contributed by atoms with Crippen LogP contribution in [0.4, 0.5) is 9.59 Å². The molecular formula is C20H35N3O8. The van der Waals surface area contributed by atoms with Gasteiger partial charge in [-0.15, -0.1) is 5.06 Å². The van der Waals surface area contributed by atoms with Crippen molar-refractivity contribution in [3.63, 3.8) is 0 Å². The van der Waals surface area contributed by atoms with Crippen LogP contribution in [0.3, 0.4) is 0 Å². The monoisotopic (exact) mass is 445 g/mol. The maximum absolute atomic E-state index is 12.5. The van der Waals surface area contributed by atoms with Crippen molar-refractivity contribution in [2.75, 3.05) is 6.54 Å². The quantitative estimate of drug-likeness (QED) is 0.481. The van der Waals surface area contributed by atoms with Crippen LogP contribution in [-0.2, 0) is 23.9 Å². The van der Waals surface area contributed by atoms with Gasteiger partial charge in [-0.05, 0) is 60.8 Å². The highest BCUT2D eigenvalue weighted by Crippen LogP contribution is 2.18. The number of alkyl carbamates (subject to hydrolysis) is 2. The van der Waals surface area contributed by atoms with E-state index in [4.69, 9.17) is 14.3 Å². The summed E-state index contributed by atoms with van der Waals surface area (Å²) in [7, 11) is 0. The van der Waals surface area contributed by atoms with Gasteiger partial charge >= 0.3 is 18.2 Å². The number of hydroxylamine groups is 2. The molecule has 2 atom stereocenters. The summed E-state index contributed by atoms with van der Waals surface area (Å²) >= 11 is 0. The Hall–Kier alpha value is -2.56. The minimum atomic E-state index is -1.21. The number of unbranched alkanes of at least 4 members (excludes halogenated alkanes) is 1. The van der Waals surface area contributed by atoms with Gasteiger partial charge in [-0.2, -0.15) is 0 Å². The highest BCUT2D eigenvalue weighted by Gasteiger charge is 2.35. The van der Waals surface area contributed by atoms with Gasteiger partial charge in [0, 0.05) is 19.4 Å². The number of hydrogen-bond donors (Lipinski definition) is 3. The van der Waals surface area contributed by atoms with E-state index in [9.17, 15) is 24.3 Å². The van der Waals surface area contributed by atoms with Gasteiger partial charge in [0.25, 0.3) is 5.91 Å². The smallest absolute Gasteiger partial charge is 0.408 e. The molecule has 1 aliphatic heterocycles. The van der Waals surface area contributed by atoms with Crippen LogP contribution < -0.4 is 10.6 Å². The molecule has 11 heteroatoms. The zero-order valence-corrected chi connectivity index (χ0v) is 19.1. The van der Waals surface area contributed by atoms with E-state index in [2.05, 4.69) is 10.6 Å². The van der Waals surface area contributed by atoms with Crippen molar-refractivity contribution < 1.29 is 38.6 Å². The second-order valence-corrected chi connectivity index (χ2v) is 9.27. The normalized spacial score (nSPS) is 17.7. The van der Waals surface area contributed by atoms with E-state index >= 15 is 0 Å². The number of hydrogen-bond acceptors (Lipinski definition) is 8. The third-order valence-electron chi connectivity index (χ3n) is 3.88. The summed E-state index contributed by atoms with van der Waals surface area (Å²) in [4.78, 5) is 53.0. The maximum atomic E-state index is 12.5. The molecule has 1 heterocycles. The Morgan fingerprint density at radius 2 is 1.65 bits per heavy atom. The van der Waals surface area contributed by atoms with Gasteiger partial charge in [-0.1, -0.05) is 0 Å². The fourth-order valence-corrected chi connectivity index (χ4v) is 2.60. The van der Waals surface area contributed by atoms with Gasteiger partial charge in [0.2, 0.25) is 0 Å². The van der Waals surface area contributed by atoms with Crippen LogP contribution in [0, 0.1) is 0 Å². The molecule has 0 radical (unpaired) electrons. The van der Waals surface area contributed by atoms with Crippen LogP contribution in [0.15, 0.2) is 0 Å². The molecule has 11 nitrogen and oxygen atoms in total. The average Bonchev–Trinajstić information content (AvgIpc) is 2.89. The molecule has 1 aliphatic rings. The van der Waals surface area contributed by atoms with E-state index < -0.39 is 47.5 Å². The van der Waals surface area contributed by atoms with E-state index in [0.29, 0.717) is 24.4 Å². The Morgan fingerprint density at radius 1 is 1.06 bits per heavy atom. The number of carbonyl (C=O) groups excluding carboxylic acids is 4. The largest absolute Gasteiger partial charge is 0.444 e. The Bertz CT molecular complexity index is 654. The van der Waals surface area contributed by atoms with E-state index in [-0.39, 0.29) is 19.3 Å². The van der Waals surface area contributed by atoms with Crippen molar-refractivity contribution in [3.05, 3.63) is 0 Å². The summed E-state index contributed by atoms with van der Waals surface area (Å²) in [5.41, 5.74) is -1.37. The highest BCUT2D eigenvalue weighted by molar-refractivity contribution is 5.84. The predicted molar refractivity (Wildman–Crippen MR) is 109 cm³/mol. The number of aliphatic hydroxyl groups is 1. The van der Waals surface area contributed by atoms with Gasteiger partial charge in [0.05, 0.1) is 0 Å². The zero-order valence-electron chi connectivity index (χ0n) is 19.1. The Balaban J connectivity index is 2.59. The molecule has 0 saturated carbocycles. The van der Waals surface area contributed by atoms with Crippen molar-refractivity contribution in [1.29, 1.82) is 0 Å². The first-order valence-corrected chi connectivity index (χ1v) is 10.4. The zero-order chi connectivity index (χ0) is 23.8. The van der Waals surface area contributed by atoms with Crippen molar-refractivity contribution >= 4 is 24.1 Å². The van der Waals surface area contributed by atoms with Crippen LogP contribution >= 0.6 is 0 Å².